The molecule has 0 saturated carbocycles. The van der Waals surface area contributed by atoms with Crippen LogP contribution >= 0.6 is 23.2 Å². The van der Waals surface area contributed by atoms with Crippen LogP contribution in [0.15, 0.2) is 53.3 Å². The van der Waals surface area contributed by atoms with E-state index in [1.165, 1.54) is 6.33 Å². The van der Waals surface area contributed by atoms with Gasteiger partial charge in [-0.2, -0.15) is 5.26 Å². The van der Waals surface area contributed by atoms with Crippen LogP contribution in [-0.2, 0) is 0 Å². The van der Waals surface area contributed by atoms with E-state index in [0.717, 1.165) is 11.1 Å². The van der Waals surface area contributed by atoms with Crippen LogP contribution in [0.1, 0.15) is 28.4 Å². The first-order valence-corrected chi connectivity index (χ1v) is 10.6. The van der Waals surface area contributed by atoms with Crippen molar-refractivity contribution in [2.75, 3.05) is 16.4 Å². The number of nitrogen functional groups attached to an aromatic ring is 1. The lowest BCUT2D eigenvalue weighted by molar-refractivity contribution is 0.400. The molecule has 10 heteroatoms. The Hall–Kier alpha value is -3.80. The third kappa shape index (κ3) is 4.85. The molecule has 0 amide bonds. The molecule has 2 aromatic heterocycles. The number of nitrogens with zero attached hydrogens (tertiary/aromatic N) is 4. The van der Waals surface area contributed by atoms with Crippen molar-refractivity contribution in [1.82, 2.24) is 15.1 Å². The zero-order valence-corrected chi connectivity index (χ0v) is 19.2. The predicted octanol–water partition coefficient (Wildman–Crippen LogP) is 6.11. The number of halogens is 2. The molecule has 0 saturated heterocycles. The highest BCUT2D eigenvalue weighted by Gasteiger charge is 2.19. The van der Waals surface area contributed by atoms with Gasteiger partial charge in [0.15, 0.2) is 17.5 Å². The monoisotopic (exact) mass is 479 g/mol. The second-order valence-corrected chi connectivity index (χ2v) is 8.20. The van der Waals surface area contributed by atoms with E-state index in [4.69, 9.17) is 33.5 Å². The molecule has 0 radical (unpaired) electrons. The molecule has 33 heavy (non-hydrogen) atoms. The topological polar surface area (TPSA) is 126 Å². The summed E-state index contributed by atoms with van der Waals surface area (Å²) < 4.78 is 5.05. The van der Waals surface area contributed by atoms with Gasteiger partial charge < -0.3 is 20.9 Å². The van der Waals surface area contributed by atoms with E-state index in [2.05, 4.69) is 31.8 Å². The number of hydrogen-bond donors (Lipinski definition) is 3. The van der Waals surface area contributed by atoms with Gasteiger partial charge in [0.05, 0.1) is 12.0 Å². The van der Waals surface area contributed by atoms with Crippen molar-refractivity contribution in [3.8, 4) is 6.07 Å². The van der Waals surface area contributed by atoms with E-state index in [1.807, 2.05) is 25.1 Å². The Labute approximate surface area is 200 Å². The minimum atomic E-state index is -0.534. The summed E-state index contributed by atoms with van der Waals surface area (Å²) in [4.78, 5) is 8.42. The maximum atomic E-state index is 9.80. The number of aryl methyl sites for hydroxylation is 2. The quantitative estimate of drug-likeness (QED) is 0.302. The standard InChI is InChI=1S/C23H19Cl2N7O/c1-12-7-16(17(10-26)14-3-5-15(24)6-4-14)18(25)9-19(12)30-22-21(27)23(29-11-28-22)31-20-8-13(2)33-32-20/h3-9,11,17H,27H2,1-2H3,(H2,28,29,30,31,32). The lowest BCUT2D eigenvalue weighted by Gasteiger charge is -2.17. The number of hydrogen-bond acceptors (Lipinski definition) is 8. The summed E-state index contributed by atoms with van der Waals surface area (Å²) in [6, 6.07) is 14.8. The lowest BCUT2D eigenvalue weighted by atomic mass is 9.91. The summed E-state index contributed by atoms with van der Waals surface area (Å²) in [6.45, 7) is 3.70. The number of rotatable bonds is 6. The van der Waals surface area contributed by atoms with Crippen molar-refractivity contribution in [3.63, 3.8) is 0 Å². The van der Waals surface area contributed by atoms with Crippen LogP contribution in [-0.4, -0.2) is 15.1 Å². The third-order valence-corrected chi connectivity index (χ3v) is 5.58. The van der Waals surface area contributed by atoms with Gasteiger partial charge in [0, 0.05) is 21.8 Å². The lowest BCUT2D eigenvalue weighted by Crippen LogP contribution is -2.07. The largest absolute Gasteiger partial charge is 0.393 e. The molecule has 0 aliphatic rings. The molecule has 0 fully saturated rings. The Morgan fingerprint density at radius 3 is 2.36 bits per heavy atom. The van der Waals surface area contributed by atoms with Crippen LogP contribution in [0.25, 0.3) is 0 Å². The fraction of sp³-hybridized carbons (Fsp3) is 0.130. The summed E-state index contributed by atoms with van der Waals surface area (Å²) in [5.41, 5.74) is 9.64. The number of anilines is 5. The van der Waals surface area contributed by atoms with Crippen LogP contribution in [0.5, 0.6) is 0 Å². The Morgan fingerprint density at radius 1 is 1.03 bits per heavy atom. The highest BCUT2D eigenvalue weighted by atomic mass is 35.5. The molecule has 2 aromatic carbocycles. The zero-order chi connectivity index (χ0) is 23.5. The smallest absolute Gasteiger partial charge is 0.175 e. The van der Waals surface area contributed by atoms with Crippen LogP contribution in [0.3, 0.4) is 0 Å². The predicted molar refractivity (Wildman–Crippen MR) is 129 cm³/mol. The Kier molecular flexibility index (Phi) is 6.36. The molecule has 4 N–H and O–H groups in total. The maximum absolute atomic E-state index is 9.80. The zero-order valence-electron chi connectivity index (χ0n) is 17.7. The van der Waals surface area contributed by atoms with Gasteiger partial charge in [-0.25, -0.2) is 9.97 Å². The molecule has 166 valence electrons. The van der Waals surface area contributed by atoms with Crippen molar-refractivity contribution in [2.24, 2.45) is 0 Å². The van der Waals surface area contributed by atoms with Crippen molar-refractivity contribution in [2.45, 2.75) is 19.8 Å². The van der Waals surface area contributed by atoms with E-state index in [9.17, 15) is 5.26 Å². The average Bonchev–Trinajstić information content (AvgIpc) is 3.20. The van der Waals surface area contributed by atoms with Gasteiger partial charge in [-0.05, 0) is 48.7 Å². The van der Waals surface area contributed by atoms with Gasteiger partial charge in [0.1, 0.15) is 17.8 Å². The second kappa shape index (κ2) is 9.36. The number of aromatic nitrogens is 3. The van der Waals surface area contributed by atoms with Crippen molar-refractivity contribution in [3.05, 3.63) is 81.3 Å². The summed E-state index contributed by atoms with van der Waals surface area (Å²) >= 11 is 12.6. The Bertz CT molecular complexity index is 1350. The van der Waals surface area contributed by atoms with Crippen molar-refractivity contribution >= 4 is 52.0 Å². The molecule has 1 atom stereocenters. The molecule has 1 unspecified atom stereocenters. The second-order valence-electron chi connectivity index (χ2n) is 7.36. The SMILES string of the molecule is Cc1cc(Nc2ncnc(Nc3cc(Cl)c(C(C#N)c4ccc(Cl)cc4)cc3C)c2N)no1. The third-order valence-electron chi connectivity index (χ3n) is 5.00. The first-order chi connectivity index (χ1) is 15.9. The fourth-order valence-electron chi connectivity index (χ4n) is 3.31. The minimum Gasteiger partial charge on any atom is -0.393 e. The first kappa shape index (κ1) is 22.4. The number of benzene rings is 2. The van der Waals surface area contributed by atoms with Crippen LogP contribution in [0.2, 0.25) is 10.0 Å². The van der Waals surface area contributed by atoms with Crippen LogP contribution < -0.4 is 16.4 Å². The summed E-state index contributed by atoms with van der Waals surface area (Å²) in [7, 11) is 0. The van der Waals surface area contributed by atoms with E-state index < -0.39 is 5.92 Å². The number of nitrogens with one attached hydrogen (secondary N) is 2. The number of nitrogens with two attached hydrogens (primary N) is 1. The first-order valence-electron chi connectivity index (χ1n) is 9.88. The van der Waals surface area contributed by atoms with E-state index in [1.54, 1.807) is 31.2 Å². The molecule has 8 nitrogen and oxygen atoms in total. The van der Waals surface area contributed by atoms with Gasteiger partial charge in [-0.1, -0.05) is 46.6 Å². The summed E-state index contributed by atoms with van der Waals surface area (Å²) in [6.07, 6.45) is 1.38. The van der Waals surface area contributed by atoms with Gasteiger partial charge in [0.25, 0.3) is 0 Å². The molecule has 0 bridgehead atoms. The maximum Gasteiger partial charge on any atom is 0.175 e. The van der Waals surface area contributed by atoms with Crippen molar-refractivity contribution < 1.29 is 4.52 Å². The summed E-state index contributed by atoms with van der Waals surface area (Å²) in [5.74, 6) is 1.39. The molecule has 4 aromatic rings. The normalized spacial score (nSPS) is 11.6. The molecule has 4 rings (SSSR count). The highest BCUT2D eigenvalue weighted by Crippen LogP contribution is 2.36. The van der Waals surface area contributed by atoms with Gasteiger partial charge in [-0.15, -0.1) is 0 Å². The van der Waals surface area contributed by atoms with E-state index in [-0.39, 0.29) is 0 Å². The molecular formula is C23H19Cl2N7O. The molecule has 0 aliphatic heterocycles. The average molecular weight is 480 g/mol. The summed E-state index contributed by atoms with van der Waals surface area (Å²) in [5, 5.41) is 20.9. The highest BCUT2D eigenvalue weighted by molar-refractivity contribution is 6.32. The molecular weight excluding hydrogens is 461 g/mol. The van der Waals surface area contributed by atoms with Crippen LogP contribution in [0.4, 0.5) is 28.8 Å². The Morgan fingerprint density at radius 2 is 1.73 bits per heavy atom. The Balaban J connectivity index is 1.62. The van der Waals surface area contributed by atoms with E-state index >= 15 is 0 Å². The van der Waals surface area contributed by atoms with Gasteiger partial charge in [0.2, 0.25) is 0 Å². The van der Waals surface area contributed by atoms with E-state index in [0.29, 0.717) is 50.2 Å². The molecule has 0 aliphatic carbocycles. The molecule has 0 spiro atoms. The fourth-order valence-corrected chi connectivity index (χ4v) is 3.71. The van der Waals surface area contributed by atoms with Crippen molar-refractivity contribution in [1.29, 1.82) is 5.26 Å². The minimum absolute atomic E-state index is 0.300. The number of nitriles is 1. The van der Waals surface area contributed by atoms with Gasteiger partial charge in [-0.3, -0.25) is 0 Å². The van der Waals surface area contributed by atoms with Crippen LogP contribution in [0, 0.1) is 25.2 Å². The van der Waals surface area contributed by atoms with Gasteiger partial charge >= 0.3 is 0 Å². The molecule has 2 heterocycles.